The maximum atomic E-state index is 12.8. The van der Waals surface area contributed by atoms with Crippen LogP contribution in [-0.4, -0.2) is 44.8 Å². The Balaban J connectivity index is 2.30. The number of methoxy groups -OCH3 is 3. The zero-order valence-electron chi connectivity index (χ0n) is 17.9. The van der Waals surface area contributed by atoms with Crippen LogP contribution in [0.3, 0.4) is 0 Å². The number of esters is 1. The average Bonchev–Trinajstić information content (AvgIpc) is 3.00. The van der Waals surface area contributed by atoms with E-state index in [0.717, 1.165) is 5.56 Å². The van der Waals surface area contributed by atoms with Crippen molar-refractivity contribution in [2.24, 2.45) is 0 Å². The van der Waals surface area contributed by atoms with Gasteiger partial charge in [-0.2, -0.15) is 0 Å². The van der Waals surface area contributed by atoms with E-state index in [-0.39, 0.29) is 18.6 Å². The van der Waals surface area contributed by atoms with E-state index in [4.69, 9.17) is 18.9 Å². The highest BCUT2D eigenvalue weighted by Crippen LogP contribution is 2.39. The highest BCUT2D eigenvalue weighted by molar-refractivity contribution is 6.00. The molecule has 1 aromatic carbocycles. The maximum absolute atomic E-state index is 12.8. The molecule has 158 valence electrons. The lowest BCUT2D eigenvalue weighted by Crippen LogP contribution is -2.27. The van der Waals surface area contributed by atoms with Crippen LogP contribution in [0, 0.1) is 13.8 Å². The monoisotopic (exact) mass is 404 g/mol. The number of hydrogen-bond acceptors (Lipinski definition) is 6. The van der Waals surface area contributed by atoms with E-state index in [1.807, 2.05) is 6.92 Å². The topological polar surface area (TPSA) is 98.9 Å². The number of amides is 1. The molecule has 29 heavy (non-hydrogen) atoms. The summed E-state index contributed by atoms with van der Waals surface area (Å²) in [6, 6.07) is 3.21. The van der Waals surface area contributed by atoms with Gasteiger partial charge in [0.1, 0.15) is 5.69 Å². The Morgan fingerprint density at radius 2 is 1.66 bits per heavy atom. The molecule has 0 fully saturated rings. The van der Waals surface area contributed by atoms with Crippen molar-refractivity contribution < 1.29 is 28.5 Å². The number of benzene rings is 1. The lowest BCUT2D eigenvalue weighted by atomic mass is 10.1. The van der Waals surface area contributed by atoms with Gasteiger partial charge in [0.05, 0.1) is 39.5 Å². The SMILES string of the molecule is CCOC(=O)c1c(C)[nH]c(C(=O)N[C@H](C)c2cc(OC)c(OC)c(OC)c2)c1C. The van der Waals surface area contributed by atoms with Gasteiger partial charge in [-0.1, -0.05) is 0 Å². The first-order valence-electron chi connectivity index (χ1n) is 9.25. The molecule has 2 N–H and O–H groups in total. The molecule has 0 aliphatic heterocycles. The lowest BCUT2D eigenvalue weighted by molar-refractivity contribution is 0.0525. The van der Waals surface area contributed by atoms with Crippen molar-refractivity contribution >= 4 is 11.9 Å². The largest absolute Gasteiger partial charge is 0.493 e. The van der Waals surface area contributed by atoms with Crippen LogP contribution in [0.15, 0.2) is 12.1 Å². The Labute approximate surface area is 170 Å². The molecular weight excluding hydrogens is 376 g/mol. The normalized spacial score (nSPS) is 11.6. The molecule has 0 saturated heterocycles. The molecule has 0 aliphatic carbocycles. The van der Waals surface area contributed by atoms with E-state index >= 15 is 0 Å². The third kappa shape index (κ3) is 4.47. The first kappa shape index (κ1) is 22.1. The summed E-state index contributed by atoms with van der Waals surface area (Å²) in [7, 11) is 4.60. The van der Waals surface area contributed by atoms with Crippen molar-refractivity contribution in [2.75, 3.05) is 27.9 Å². The molecule has 1 atom stereocenters. The van der Waals surface area contributed by atoms with Gasteiger partial charge in [0, 0.05) is 5.69 Å². The zero-order valence-corrected chi connectivity index (χ0v) is 17.9. The third-order valence-electron chi connectivity index (χ3n) is 4.68. The van der Waals surface area contributed by atoms with E-state index in [0.29, 0.717) is 39.8 Å². The van der Waals surface area contributed by atoms with Gasteiger partial charge in [-0.3, -0.25) is 4.79 Å². The first-order chi connectivity index (χ1) is 13.8. The quantitative estimate of drug-likeness (QED) is 0.655. The van der Waals surface area contributed by atoms with Crippen LogP contribution in [0.1, 0.15) is 57.6 Å². The fraction of sp³-hybridized carbons (Fsp3) is 0.429. The Hall–Kier alpha value is -3.16. The number of carbonyl (C=O) groups is 2. The number of ether oxygens (including phenoxy) is 4. The smallest absolute Gasteiger partial charge is 0.340 e. The number of aromatic amines is 1. The van der Waals surface area contributed by atoms with E-state index in [2.05, 4.69) is 10.3 Å². The predicted molar refractivity (Wildman–Crippen MR) is 108 cm³/mol. The molecule has 8 nitrogen and oxygen atoms in total. The molecule has 1 heterocycles. The van der Waals surface area contributed by atoms with Gasteiger partial charge in [-0.15, -0.1) is 0 Å². The van der Waals surface area contributed by atoms with Gasteiger partial charge in [0.2, 0.25) is 5.75 Å². The summed E-state index contributed by atoms with van der Waals surface area (Å²) in [5.41, 5.74) is 2.63. The molecule has 1 aromatic heterocycles. The van der Waals surface area contributed by atoms with Crippen molar-refractivity contribution in [3.63, 3.8) is 0 Å². The molecule has 0 spiro atoms. The van der Waals surface area contributed by atoms with Gasteiger partial charge in [-0.05, 0) is 51.0 Å². The zero-order chi connectivity index (χ0) is 21.7. The van der Waals surface area contributed by atoms with Gasteiger partial charge < -0.3 is 29.2 Å². The summed E-state index contributed by atoms with van der Waals surface area (Å²) < 4.78 is 21.1. The van der Waals surface area contributed by atoms with Crippen LogP contribution in [0.25, 0.3) is 0 Å². The third-order valence-corrected chi connectivity index (χ3v) is 4.68. The minimum atomic E-state index is -0.449. The van der Waals surface area contributed by atoms with E-state index in [1.165, 1.54) is 21.3 Å². The summed E-state index contributed by atoms with van der Waals surface area (Å²) in [5, 5.41) is 2.93. The van der Waals surface area contributed by atoms with Crippen molar-refractivity contribution in [3.05, 3.63) is 40.2 Å². The second kappa shape index (κ2) is 9.36. The minimum Gasteiger partial charge on any atom is -0.493 e. The fourth-order valence-corrected chi connectivity index (χ4v) is 3.19. The Bertz CT molecular complexity index is 878. The average molecular weight is 404 g/mol. The van der Waals surface area contributed by atoms with E-state index < -0.39 is 5.97 Å². The predicted octanol–water partition coefficient (Wildman–Crippen LogP) is 3.33. The number of nitrogens with one attached hydrogen (secondary N) is 2. The van der Waals surface area contributed by atoms with Gasteiger partial charge in [-0.25, -0.2) is 4.79 Å². The molecule has 0 bridgehead atoms. The van der Waals surface area contributed by atoms with Gasteiger partial charge in [0.15, 0.2) is 11.5 Å². The standard InChI is InChI=1S/C21H28N2O6/c1-8-29-21(25)17-11(2)18(22-13(17)4)20(24)23-12(3)14-9-15(26-5)19(28-7)16(10-14)27-6/h9-10,12,22H,8H2,1-7H3,(H,23,24)/t12-/m1/s1. The molecular formula is C21H28N2O6. The summed E-state index contributed by atoms with van der Waals surface area (Å²) in [6.07, 6.45) is 0. The number of hydrogen-bond donors (Lipinski definition) is 2. The first-order valence-corrected chi connectivity index (χ1v) is 9.25. The van der Waals surface area contributed by atoms with Crippen LogP contribution in [0.4, 0.5) is 0 Å². The van der Waals surface area contributed by atoms with Crippen LogP contribution in [0.5, 0.6) is 17.2 Å². The molecule has 0 radical (unpaired) electrons. The van der Waals surface area contributed by atoms with Crippen LogP contribution < -0.4 is 19.5 Å². The second-order valence-corrected chi connectivity index (χ2v) is 6.50. The number of aromatic nitrogens is 1. The van der Waals surface area contributed by atoms with Crippen molar-refractivity contribution in [1.29, 1.82) is 0 Å². The molecule has 0 saturated carbocycles. The Morgan fingerprint density at radius 3 is 2.14 bits per heavy atom. The van der Waals surface area contributed by atoms with Crippen molar-refractivity contribution in [1.82, 2.24) is 10.3 Å². The summed E-state index contributed by atoms with van der Waals surface area (Å²) in [6.45, 7) is 7.30. The van der Waals surface area contributed by atoms with Crippen molar-refractivity contribution in [2.45, 2.75) is 33.7 Å². The van der Waals surface area contributed by atoms with Crippen LogP contribution >= 0.6 is 0 Å². The highest BCUT2D eigenvalue weighted by Gasteiger charge is 2.24. The number of rotatable bonds is 8. The van der Waals surface area contributed by atoms with Gasteiger partial charge in [0.25, 0.3) is 5.91 Å². The summed E-state index contributed by atoms with van der Waals surface area (Å²) >= 11 is 0. The van der Waals surface area contributed by atoms with Crippen LogP contribution in [0.2, 0.25) is 0 Å². The summed E-state index contributed by atoms with van der Waals surface area (Å²) in [4.78, 5) is 28.0. The number of carbonyl (C=O) groups excluding carboxylic acids is 2. The molecule has 0 aliphatic rings. The van der Waals surface area contributed by atoms with Crippen molar-refractivity contribution in [3.8, 4) is 17.2 Å². The Morgan fingerprint density at radius 1 is 1.07 bits per heavy atom. The second-order valence-electron chi connectivity index (χ2n) is 6.50. The molecule has 2 rings (SSSR count). The summed E-state index contributed by atoms with van der Waals surface area (Å²) in [5.74, 6) is 0.698. The molecule has 8 heteroatoms. The lowest BCUT2D eigenvalue weighted by Gasteiger charge is -2.18. The molecule has 1 amide bonds. The highest BCUT2D eigenvalue weighted by atomic mass is 16.5. The maximum Gasteiger partial charge on any atom is 0.340 e. The molecule has 0 unspecified atom stereocenters. The van der Waals surface area contributed by atoms with E-state index in [9.17, 15) is 9.59 Å². The number of aryl methyl sites for hydroxylation is 1. The van der Waals surface area contributed by atoms with Crippen LogP contribution in [-0.2, 0) is 4.74 Å². The Kier molecular flexibility index (Phi) is 7.14. The fourth-order valence-electron chi connectivity index (χ4n) is 3.19. The number of H-pyrrole nitrogens is 1. The van der Waals surface area contributed by atoms with Gasteiger partial charge >= 0.3 is 5.97 Å². The molecule has 2 aromatic rings. The minimum absolute atomic E-state index is 0.266. The van der Waals surface area contributed by atoms with E-state index in [1.54, 1.807) is 32.9 Å².